The summed E-state index contributed by atoms with van der Waals surface area (Å²) in [5, 5.41) is 10.3. The molecule has 0 heterocycles. The maximum Gasteiger partial charge on any atom is 0.153 e. The van der Waals surface area contributed by atoms with Gasteiger partial charge < -0.3 is 20.4 Å². The lowest BCUT2D eigenvalue weighted by molar-refractivity contribution is -0.463. The van der Waals surface area contributed by atoms with E-state index in [2.05, 4.69) is 5.73 Å². The zero-order valence-electron chi connectivity index (χ0n) is 6.51. The molecular formula is C6H13NO3. The molecule has 4 nitrogen and oxygen atoms in total. The number of quaternary nitrogens is 1. The molecule has 10 heavy (non-hydrogen) atoms. The number of carbonyl (C=O) groups is 1. The van der Waals surface area contributed by atoms with Crippen molar-refractivity contribution in [1.29, 1.82) is 0 Å². The van der Waals surface area contributed by atoms with Crippen LogP contribution in [0.25, 0.3) is 0 Å². The van der Waals surface area contributed by atoms with Gasteiger partial charge in [0.1, 0.15) is 11.6 Å². The van der Waals surface area contributed by atoms with E-state index in [4.69, 9.17) is 4.74 Å². The summed E-state index contributed by atoms with van der Waals surface area (Å²) < 4.78 is 4.88. The van der Waals surface area contributed by atoms with Crippen molar-refractivity contribution >= 4 is 5.97 Å². The number of methoxy groups -OCH3 is 1. The van der Waals surface area contributed by atoms with Crippen molar-refractivity contribution in [1.82, 2.24) is 0 Å². The minimum atomic E-state index is -1.19. The Balaban J connectivity index is 4.17. The number of hydrogen-bond donors (Lipinski definition) is 1. The number of ether oxygens (including phenoxy) is 1. The van der Waals surface area contributed by atoms with Gasteiger partial charge in [0.15, 0.2) is 6.04 Å². The van der Waals surface area contributed by atoms with E-state index in [1.54, 1.807) is 13.8 Å². The van der Waals surface area contributed by atoms with E-state index in [0.717, 1.165) is 0 Å². The number of carboxylic acid groups (broad SMARTS) is 1. The largest absolute Gasteiger partial charge is 0.544 e. The van der Waals surface area contributed by atoms with Crippen LogP contribution in [-0.4, -0.2) is 24.7 Å². The van der Waals surface area contributed by atoms with E-state index in [9.17, 15) is 9.90 Å². The van der Waals surface area contributed by atoms with Crippen LogP contribution in [0.2, 0.25) is 0 Å². The first-order chi connectivity index (χ1) is 4.41. The van der Waals surface area contributed by atoms with Crippen LogP contribution >= 0.6 is 0 Å². The minimum absolute atomic E-state index is 0.751. The molecular weight excluding hydrogens is 134 g/mol. The van der Waals surface area contributed by atoms with Gasteiger partial charge in [-0.25, -0.2) is 0 Å². The van der Waals surface area contributed by atoms with Gasteiger partial charge in [0.05, 0.1) is 0 Å². The molecule has 0 aromatic rings. The van der Waals surface area contributed by atoms with E-state index >= 15 is 0 Å². The Bertz CT molecular complexity index is 133. The third-order valence-electron chi connectivity index (χ3n) is 1.65. The first kappa shape index (κ1) is 9.39. The van der Waals surface area contributed by atoms with Crippen LogP contribution in [0, 0.1) is 0 Å². The van der Waals surface area contributed by atoms with Crippen molar-refractivity contribution in [2.24, 2.45) is 0 Å². The molecule has 0 fully saturated rings. The predicted octanol–water partition coefficient (Wildman–Crippen LogP) is -2.23. The summed E-state index contributed by atoms with van der Waals surface area (Å²) in [7, 11) is 1.45. The van der Waals surface area contributed by atoms with Gasteiger partial charge in [-0.2, -0.15) is 0 Å². The maximum atomic E-state index is 10.3. The Morgan fingerprint density at radius 2 is 2.10 bits per heavy atom. The van der Waals surface area contributed by atoms with Crippen molar-refractivity contribution < 1.29 is 20.4 Å². The molecule has 0 amide bonds. The molecule has 0 aliphatic heterocycles. The van der Waals surface area contributed by atoms with Crippen LogP contribution in [0.5, 0.6) is 0 Å². The highest BCUT2D eigenvalue weighted by Crippen LogP contribution is 2.08. The molecule has 0 aliphatic rings. The highest BCUT2D eigenvalue weighted by Gasteiger charge is 2.30. The highest BCUT2D eigenvalue weighted by atomic mass is 16.5. The molecule has 4 heteroatoms. The van der Waals surface area contributed by atoms with Gasteiger partial charge >= 0.3 is 0 Å². The average Bonchev–Trinajstić information content (AvgIpc) is 1.86. The monoisotopic (exact) mass is 147 g/mol. The van der Waals surface area contributed by atoms with E-state index in [0.29, 0.717) is 0 Å². The molecule has 0 radical (unpaired) electrons. The summed E-state index contributed by atoms with van der Waals surface area (Å²) in [6.45, 7) is 3.31. The van der Waals surface area contributed by atoms with Crippen LogP contribution in [-0.2, 0) is 9.53 Å². The van der Waals surface area contributed by atoms with E-state index < -0.39 is 17.6 Å². The number of rotatable bonds is 3. The second kappa shape index (κ2) is 2.98. The molecule has 3 N–H and O–H groups in total. The third kappa shape index (κ3) is 1.97. The Morgan fingerprint density at radius 3 is 2.20 bits per heavy atom. The lowest BCUT2D eigenvalue weighted by atomic mass is 10.00. The van der Waals surface area contributed by atoms with Crippen molar-refractivity contribution in [2.75, 3.05) is 7.11 Å². The molecule has 0 aliphatic carbocycles. The molecule has 0 aromatic heterocycles. The molecule has 0 saturated heterocycles. The average molecular weight is 147 g/mol. The molecule has 0 bridgehead atoms. The van der Waals surface area contributed by atoms with E-state index in [-0.39, 0.29) is 0 Å². The first-order valence-electron chi connectivity index (χ1n) is 3.01. The second-order valence-electron chi connectivity index (χ2n) is 2.68. The number of carbonyl (C=O) groups excluding carboxylic acids is 1. The summed E-state index contributed by atoms with van der Waals surface area (Å²) in [6, 6.07) is -0.836. The predicted molar refractivity (Wildman–Crippen MR) is 32.8 cm³/mol. The van der Waals surface area contributed by atoms with Crippen LogP contribution < -0.4 is 10.8 Å². The lowest BCUT2D eigenvalue weighted by Gasteiger charge is -2.27. The van der Waals surface area contributed by atoms with Gasteiger partial charge in [0.25, 0.3) is 0 Å². The summed E-state index contributed by atoms with van der Waals surface area (Å²) >= 11 is 0. The quantitative estimate of drug-likeness (QED) is 0.491. The molecule has 60 valence electrons. The van der Waals surface area contributed by atoms with Gasteiger partial charge in [-0.1, -0.05) is 0 Å². The van der Waals surface area contributed by atoms with Gasteiger partial charge in [-0.15, -0.1) is 0 Å². The fourth-order valence-corrected chi connectivity index (χ4v) is 0.426. The topological polar surface area (TPSA) is 77.0 Å². The molecule has 0 unspecified atom stereocenters. The van der Waals surface area contributed by atoms with Gasteiger partial charge in [-0.3, -0.25) is 0 Å². The van der Waals surface area contributed by atoms with Crippen LogP contribution in [0.1, 0.15) is 13.8 Å². The van der Waals surface area contributed by atoms with Crippen LogP contribution in [0.15, 0.2) is 0 Å². The Kier molecular flexibility index (Phi) is 2.80. The van der Waals surface area contributed by atoms with E-state index in [1.165, 1.54) is 7.11 Å². The summed E-state index contributed by atoms with van der Waals surface area (Å²) in [5.41, 5.74) is 2.64. The van der Waals surface area contributed by atoms with Gasteiger partial charge in [-0.05, 0) is 13.8 Å². The van der Waals surface area contributed by atoms with Crippen molar-refractivity contribution in [3.8, 4) is 0 Å². The second-order valence-corrected chi connectivity index (χ2v) is 2.68. The third-order valence-corrected chi connectivity index (χ3v) is 1.65. The summed E-state index contributed by atoms with van der Waals surface area (Å²) in [6.07, 6.45) is 0. The van der Waals surface area contributed by atoms with Crippen LogP contribution in [0.4, 0.5) is 0 Å². The zero-order valence-corrected chi connectivity index (χ0v) is 6.51. The fraction of sp³-hybridized carbons (Fsp3) is 0.833. The normalized spacial score (nSPS) is 14.8. The SMILES string of the molecule is COC(C)(C)[C@@H]([NH3+])C(=O)[O-]. The summed E-state index contributed by atoms with van der Waals surface area (Å²) in [5.74, 6) is -1.19. The molecule has 1 atom stereocenters. The molecule has 0 saturated carbocycles. The Morgan fingerprint density at radius 1 is 1.70 bits per heavy atom. The number of hydrogen-bond acceptors (Lipinski definition) is 3. The molecule has 0 aromatic carbocycles. The number of carboxylic acids is 1. The lowest BCUT2D eigenvalue weighted by Crippen LogP contribution is -2.76. The Labute approximate surface area is 60.0 Å². The first-order valence-corrected chi connectivity index (χ1v) is 3.01. The van der Waals surface area contributed by atoms with Crippen molar-refractivity contribution in [3.05, 3.63) is 0 Å². The maximum absolute atomic E-state index is 10.3. The van der Waals surface area contributed by atoms with Gasteiger partial charge in [0.2, 0.25) is 0 Å². The molecule has 0 spiro atoms. The fourth-order valence-electron chi connectivity index (χ4n) is 0.426. The summed E-state index contributed by atoms with van der Waals surface area (Å²) in [4.78, 5) is 10.3. The standard InChI is InChI=1S/C6H13NO3/c1-6(2,10-3)4(7)5(8)9/h4H,7H2,1-3H3,(H,8,9)/t4-/m0/s1. The smallest absolute Gasteiger partial charge is 0.153 e. The van der Waals surface area contributed by atoms with E-state index in [1.807, 2.05) is 0 Å². The zero-order chi connectivity index (χ0) is 8.36. The van der Waals surface area contributed by atoms with Crippen LogP contribution in [0.3, 0.4) is 0 Å². The Hall–Kier alpha value is -0.610. The number of aliphatic carboxylic acids is 1. The van der Waals surface area contributed by atoms with Crippen molar-refractivity contribution in [2.45, 2.75) is 25.5 Å². The highest BCUT2D eigenvalue weighted by molar-refractivity contribution is 5.70. The molecule has 0 rings (SSSR count). The minimum Gasteiger partial charge on any atom is -0.544 e. The van der Waals surface area contributed by atoms with Gasteiger partial charge in [0, 0.05) is 7.11 Å². The van der Waals surface area contributed by atoms with Crippen molar-refractivity contribution in [3.63, 3.8) is 0 Å².